The molecule has 2 aliphatic heterocycles. The second-order valence-electron chi connectivity index (χ2n) is 9.95. The molecule has 2 aromatic rings. The third-order valence-corrected chi connectivity index (χ3v) is 7.26. The van der Waals surface area contributed by atoms with Crippen LogP contribution in [0.25, 0.3) is 10.6 Å². The average Bonchev–Trinajstić information content (AvgIpc) is 3.21. The van der Waals surface area contributed by atoms with Crippen molar-refractivity contribution in [1.29, 1.82) is 0 Å². The third kappa shape index (κ3) is 5.75. The minimum Gasteiger partial charge on any atom is -0.481 e. The maximum absolute atomic E-state index is 12.9. The summed E-state index contributed by atoms with van der Waals surface area (Å²) < 4.78 is 5.50. The largest absolute Gasteiger partial charge is 0.481 e. The number of aromatic nitrogens is 1. The van der Waals surface area contributed by atoms with Crippen LogP contribution < -0.4 is 0 Å². The number of ether oxygens (including phenoxy) is 1. The van der Waals surface area contributed by atoms with Gasteiger partial charge in [-0.1, -0.05) is 12.1 Å². The predicted octanol–water partition coefficient (Wildman–Crippen LogP) is 4.43. The molecule has 0 unspecified atom stereocenters. The van der Waals surface area contributed by atoms with Gasteiger partial charge >= 0.3 is 12.1 Å². The Labute approximate surface area is 203 Å². The van der Waals surface area contributed by atoms with E-state index in [4.69, 9.17) is 14.8 Å². The fourth-order valence-electron chi connectivity index (χ4n) is 4.33. The van der Waals surface area contributed by atoms with Gasteiger partial charge in [0.05, 0.1) is 12.2 Å². The lowest BCUT2D eigenvalue weighted by Crippen LogP contribution is -2.39. The van der Waals surface area contributed by atoms with Gasteiger partial charge in [0.25, 0.3) is 5.91 Å². The molecule has 1 fully saturated rings. The van der Waals surface area contributed by atoms with E-state index >= 15 is 0 Å². The summed E-state index contributed by atoms with van der Waals surface area (Å²) in [5.41, 5.74) is 2.06. The number of likely N-dealkylation sites (tertiary alicyclic amines) is 1. The molecule has 2 aliphatic rings. The molecule has 34 heavy (non-hydrogen) atoms. The molecule has 8 nitrogen and oxygen atoms in total. The lowest BCUT2D eigenvalue weighted by atomic mass is 9.93. The van der Waals surface area contributed by atoms with E-state index in [-0.39, 0.29) is 24.3 Å². The number of carbonyl (C=O) groups excluding carboxylic acids is 2. The maximum Gasteiger partial charge on any atom is 0.410 e. The Morgan fingerprint density at radius 2 is 1.76 bits per heavy atom. The van der Waals surface area contributed by atoms with Crippen molar-refractivity contribution < 1.29 is 24.2 Å². The van der Waals surface area contributed by atoms with Gasteiger partial charge in [-0.2, -0.15) is 0 Å². The summed E-state index contributed by atoms with van der Waals surface area (Å²) in [7, 11) is 0. The zero-order valence-electron chi connectivity index (χ0n) is 19.9. The molecule has 0 spiro atoms. The molecule has 2 amide bonds. The van der Waals surface area contributed by atoms with Gasteiger partial charge in [0.15, 0.2) is 0 Å². The number of fused-ring (bicyclic) bond motifs is 1. The topological polar surface area (TPSA) is 100 Å². The first-order valence-electron chi connectivity index (χ1n) is 11.7. The molecule has 0 bridgehead atoms. The summed E-state index contributed by atoms with van der Waals surface area (Å²) >= 11 is 1.57. The number of nitrogens with zero attached hydrogens (tertiary/aromatic N) is 3. The van der Waals surface area contributed by atoms with Crippen LogP contribution in [0.4, 0.5) is 4.79 Å². The molecule has 1 N–H and O–H groups in total. The zero-order chi connectivity index (χ0) is 24.5. The first-order valence-corrected chi connectivity index (χ1v) is 12.5. The lowest BCUT2D eigenvalue weighted by Gasteiger charge is -2.31. The number of rotatable bonds is 4. The fraction of sp³-hybridized carbons (Fsp3) is 0.520. The minimum atomic E-state index is -0.776. The highest BCUT2D eigenvalue weighted by atomic mass is 32.1. The number of benzene rings is 1. The minimum absolute atomic E-state index is 0.0215. The third-order valence-electron chi connectivity index (χ3n) is 6.13. The highest BCUT2D eigenvalue weighted by Gasteiger charge is 2.28. The Kier molecular flexibility index (Phi) is 6.93. The molecule has 0 saturated carbocycles. The summed E-state index contributed by atoms with van der Waals surface area (Å²) in [4.78, 5) is 45.6. The number of amides is 2. The zero-order valence-corrected chi connectivity index (χ0v) is 20.7. The second-order valence-corrected chi connectivity index (χ2v) is 11.0. The van der Waals surface area contributed by atoms with Crippen LogP contribution in [0.2, 0.25) is 0 Å². The molecule has 182 valence electrons. The predicted molar refractivity (Wildman–Crippen MR) is 129 cm³/mol. The fourth-order valence-corrected chi connectivity index (χ4v) is 5.46. The van der Waals surface area contributed by atoms with Gasteiger partial charge in [0.2, 0.25) is 0 Å². The Bertz CT molecular complexity index is 1070. The van der Waals surface area contributed by atoms with Gasteiger partial charge in [0, 0.05) is 48.5 Å². The van der Waals surface area contributed by atoms with Crippen LogP contribution >= 0.6 is 11.3 Å². The van der Waals surface area contributed by atoms with Crippen LogP contribution in [0.1, 0.15) is 61.0 Å². The van der Waals surface area contributed by atoms with E-state index in [0.29, 0.717) is 38.2 Å². The first-order chi connectivity index (χ1) is 16.1. The average molecular weight is 486 g/mol. The number of aliphatic carboxylic acids is 1. The van der Waals surface area contributed by atoms with E-state index in [9.17, 15) is 14.4 Å². The van der Waals surface area contributed by atoms with Crippen LogP contribution in [0.5, 0.6) is 0 Å². The van der Waals surface area contributed by atoms with Gasteiger partial charge in [-0.25, -0.2) is 9.78 Å². The number of hydrogen-bond acceptors (Lipinski definition) is 6. The molecule has 0 aliphatic carbocycles. The van der Waals surface area contributed by atoms with Crippen LogP contribution in [0, 0.1) is 5.92 Å². The smallest absolute Gasteiger partial charge is 0.410 e. The monoisotopic (exact) mass is 485 g/mol. The van der Waals surface area contributed by atoms with Crippen molar-refractivity contribution in [2.45, 2.75) is 58.6 Å². The van der Waals surface area contributed by atoms with E-state index in [1.54, 1.807) is 21.1 Å². The molecule has 1 aromatic heterocycles. The van der Waals surface area contributed by atoms with E-state index in [2.05, 4.69) is 0 Å². The van der Waals surface area contributed by atoms with Crippen molar-refractivity contribution in [1.82, 2.24) is 14.8 Å². The van der Waals surface area contributed by atoms with Crippen molar-refractivity contribution in [3.8, 4) is 10.6 Å². The highest BCUT2D eigenvalue weighted by molar-refractivity contribution is 7.15. The van der Waals surface area contributed by atoms with E-state index in [1.807, 2.05) is 45.0 Å². The van der Waals surface area contributed by atoms with Crippen molar-refractivity contribution in [2.24, 2.45) is 5.92 Å². The van der Waals surface area contributed by atoms with Crippen molar-refractivity contribution >= 4 is 29.3 Å². The van der Waals surface area contributed by atoms with Crippen LogP contribution in [0.15, 0.2) is 24.3 Å². The number of piperidine rings is 1. The Hall–Kier alpha value is -2.94. The lowest BCUT2D eigenvalue weighted by molar-refractivity contribution is -0.138. The standard InChI is InChI=1S/C25H31N3O5S/c1-25(2,3)33-24(32)28-13-10-19-20(15-28)34-22(26-19)17-4-6-18(7-5-17)23(31)27-11-8-16(9-12-27)14-21(29)30/h4-7,16H,8-15H2,1-3H3,(H,29,30). The van der Waals surface area contributed by atoms with Gasteiger partial charge in [0.1, 0.15) is 10.6 Å². The molecular weight excluding hydrogens is 454 g/mol. The number of hydrogen-bond donors (Lipinski definition) is 1. The summed E-state index contributed by atoms with van der Waals surface area (Å²) in [6, 6.07) is 7.49. The van der Waals surface area contributed by atoms with Gasteiger partial charge < -0.3 is 19.6 Å². The van der Waals surface area contributed by atoms with Crippen LogP contribution in [-0.2, 0) is 22.5 Å². The summed E-state index contributed by atoms with van der Waals surface area (Å²) in [5, 5.41) is 9.84. The second kappa shape index (κ2) is 9.74. The van der Waals surface area contributed by atoms with Crippen LogP contribution in [0.3, 0.4) is 0 Å². The molecule has 0 atom stereocenters. The van der Waals surface area contributed by atoms with Crippen LogP contribution in [-0.4, -0.2) is 63.1 Å². The van der Waals surface area contributed by atoms with Gasteiger partial charge in [-0.15, -0.1) is 11.3 Å². The summed E-state index contributed by atoms with van der Waals surface area (Å²) in [5.74, 6) is -0.653. The van der Waals surface area contributed by atoms with E-state index < -0.39 is 11.6 Å². The summed E-state index contributed by atoms with van der Waals surface area (Å²) in [6.45, 7) is 7.85. The maximum atomic E-state index is 12.9. The van der Waals surface area contributed by atoms with Crippen molar-refractivity contribution in [3.05, 3.63) is 40.4 Å². The SMILES string of the molecule is CC(C)(C)OC(=O)N1CCc2nc(-c3ccc(C(=O)N4CCC(CC(=O)O)CC4)cc3)sc2C1. The van der Waals surface area contributed by atoms with E-state index in [1.165, 1.54) is 0 Å². The summed E-state index contributed by atoms with van der Waals surface area (Å²) in [6.07, 6.45) is 2.01. The quantitative estimate of drug-likeness (QED) is 0.688. The molecule has 9 heteroatoms. The normalized spacial score (nSPS) is 16.8. The Balaban J connectivity index is 1.38. The van der Waals surface area contributed by atoms with Gasteiger partial charge in [-0.05, 0) is 51.7 Å². The first kappa shape index (κ1) is 24.2. The molecule has 1 aromatic carbocycles. The van der Waals surface area contributed by atoms with E-state index in [0.717, 1.165) is 34.0 Å². The van der Waals surface area contributed by atoms with Crippen molar-refractivity contribution in [2.75, 3.05) is 19.6 Å². The number of carboxylic acid groups (broad SMARTS) is 1. The molecular formula is C25H31N3O5S. The highest BCUT2D eigenvalue weighted by Crippen LogP contribution is 2.32. The number of carboxylic acids is 1. The Morgan fingerprint density at radius 1 is 1.09 bits per heavy atom. The van der Waals surface area contributed by atoms with Gasteiger partial charge in [-0.3, -0.25) is 9.59 Å². The Morgan fingerprint density at radius 3 is 2.38 bits per heavy atom. The number of thiazole rings is 1. The van der Waals surface area contributed by atoms with Crippen molar-refractivity contribution in [3.63, 3.8) is 0 Å². The molecule has 1 saturated heterocycles. The number of carbonyl (C=O) groups is 3. The molecule has 3 heterocycles. The molecule has 0 radical (unpaired) electrons. The molecule has 4 rings (SSSR count).